The maximum atomic E-state index is 11.9. The van der Waals surface area contributed by atoms with Crippen molar-refractivity contribution in [2.24, 2.45) is 11.7 Å². The highest BCUT2D eigenvalue weighted by molar-refractivity contribution is 5.82. The van der Waals surface area contributed by atoms with Gasteiger partial charge in [-0.15, -0.1) is 0 Å². The van der Waals surface area contributed by atoms with Crippen molar-refractivity contribution in [3.8, 4) is 0 Å². The quantitative estimate of drug-likeness (QED) is 0.318. The highest BCUT2D eigenvalue weighted by atomic mass is 16.2. The molecule has 0 unspecified atom stereocenters. The van der Waals surface area contributed by atoms with E-state index in [1.165, 1.54) is 0 Å². The molecule has 0 aliphatic rings. The van der Waals surface area contributed by atoms with Gasteiger partial charge in [-0.3, -0.25) is 9.59 Å². The maximum Gasteiger partial charge on any atom is 0.236 e. The van der Waals surface area contributed by atoms with E-state index in [0.29, 0.717) is 31.5 Å². The summed E-state index contributed by atoms with van der Waals surface area (Å²) in [7, 11) is 2.04. The zero-order chi connectivity index (χ0) is 19.9. The largest absolute Gasteiger partial charge is 0.355 e. The normalized spacial score (nSPS) is 12.7. The van der Waals surface area contributed by atoms with Crippen molar-refractivity contribution < 1.29 is 9.59 Å². The zero-order valence-corrected chi connectivity index (χ0v) is 17.4. The van der Waals surface area contributed by atoms with Gasteiger partial charge in [-0.1, -0.05) is 27.7 Å². The Morgan fingerprint density at radius 1 is 0.962 bits per heavy atom. The molecule has 0 aromatic rings. The second kappa shape index (κ2) is 14.9. The van der Waals surface area contributed by atoms with Gasteiger partial charge in [0.1, 0.15) is 0 Å². The molecule has 0 bridgehead atoms. The van der Waals surface area contributed by atoms with Gasteiger partial charge in [0.05, 0.1) is 6.04 Å². The number of carbonyl (C=O) groups is 2. The Kier molecular flexibility index (Phi) is 14.3. The van der Waals surface area contributed by atoms with Crippen LogP contribution >= 0.6 is 0 Å². The number of nitrogens with two attached hydrogens (primary N) is 1. The van der Waals surface area contributed by atoms with Gasteiger partial charge in [0.2, 0.25) is 11.8 Å². The molecule has 7 nitrogen and oxygen atoms in total. The number of hydrogen-bond acceptors (Lipinski definition) is 5. The van der Waals surface area contributed by atoms with Gasteiger partial charge in [0, 0.05) is 45.2 Å². The number of rotatable bonds is 15. The molecule has 0 saturated carbocycles. The van der Waals surface area contributed by atoms with Crippen LogP contribution in [-0.4, -0.2) is 68.6 Å². The molecule has 0 aliphatic carbocycles. The molecule has 0 aliphatic heterocycles. The smallest absolute Gasteiger partial charge is 0.236 e. The van der Waals surface area contributed by atoms with Crippen LogP contribution in [0.25, 0.3) is 0 Å². The average molecular weight is 372 g/mol. The van der Waals surface area contributed by atoms with E-state index in [1.54, 1.807) is 0 Å². The lowest BCUT2D eigenvalue weighted by molar-refractivity contribution is -0.123. The van der Waals surface area contributed by atoms with Gasteiger partial charge >= 0.3 is 0 Å². The second-order valence-corrected chi connectivity index (χ2v) is 7.73. The molecule has 0 aromatic carbocycles. The highest BCUT2D eigenvalue weighted by Crippen LogP contribution is 2.02. The zero-order valence-electron chi connectivity index (χ0n) is 17.4. The van der Waals surface area contributed by atoms with Gasteiger partial charge in [-0.25, -0.2) is 0 Å². The van der Waals surface area contributed by atoms with Crippen LogP contribution in [-0.2, 0) is 9.59 Å². The third-order valence-corrected chi connectivity index (χ3v) is 4.14. The molecular formula is C19H41N5O2. The molecule has 7 heteroatoms. The standard InChI is InChI=1S/C19H41N5O2/c1-15(2)7-6-10-23-19(26)17(20)8-9-18(25)22-12-14-24(5)13-11-21-16(3)4/h15-17,21H,6-14,20H2,1-5H3,(H,22,25)(H,23,26)/t17-/m1/s1. The van der Waals surface area contributed by atoms with E-state index in [9.17, 15) is 9.59 Å². The van der Waals surface area contributed by atoms with Gasteiger partial charge in [0.25, 0.3) is 0 Å². The summed E-state index contributed by atoms with van der Waals surface area (Å²) in [5.74, 6) is 0.412. The van der Waals surface area contributed by atoms with Gasteiger partial charge in [0.15, 0.2) is 0 Å². The number of carbonyl (C=O) groups excluding carboxylic acids is 2. The predicted molar refractivity (Wildman–Crippen MR) is 108 cm³/mol. The van der Waals surface area contributed by atoms with Crippen LogP contribution in [0, 0.1) is 5.92 Å². The summed E-state index contributed by atoms with van der Waals surface area (Å²) >= 11 is 0. The molecule has 0 saturated heterocycles. The number of nitrogens with one attached hydrogen (secondary N) is 3. The summed E-state index contributed by atoms with van der Waals surface area (Å²) in [5.41, 5.74) is 5.86. The lowest BCUT2D eigenvalue weighted by Crippen LogP contribution is -2.42. The summed E-state index contributed by atoms with van der Waals surface area (Å²) in [6.45, 7) is 12.5. The fourth-order valence-corrected chi connectivity index (χ4v) is 2.40. The monoisotopic (exact) mass is 371 g/mol. The van der Waals surface area contributed by atoms with Crippen LogP contribution in [0.2, 0.25) is 0 Å². The Labute approximate surface area is 159 Å². The third kappa shape index (κ3) is 15.1. The van der Waals surface area contributed by atoms with Crippen molar-refractivity contribution in [1.29, 1.82) is 0 Å². The van der Waals surface area contributed by atoms with E-state index in [-0.39, 0.29) is 18.2 Å². The summed E-state index contributed by atoms with van der Waals surface area (Å²) in [4.78, 5) is 25.9. The van der Waals surface area contributed by atoms with Crippen molar-refractivity contribution in [3.63, 3.8) is 0 Å². The predicted octanol–water partition coefficient (Wildman–Crippen LogP) is 0.692. The number of likely N-dealkylation sites (N-methyl/N-ethyl adjacent to an activating group) is 1. The van der Waals surface area contributed by atoms with Crippen LogP contribution in [0.3, 0.4) is 0 Å². The molecule has 0 heterocycles. The summed E-state index contributed by atoms with van der Waals surface area (Å²) in [6, 6.07) is -0.135. The molecule has 5 N–H and O–H groups in total. The summed E-state index contributed by atoms with van der Waals surface area (Å²) < 4.78 is 0. The SMILES string of the molecule is CC(C)CCCNC(=O)[C@H](N)CCC(=O)NCCN(C)CCNC(C)C. The molecule has 1 atom stereocenters. The van der Waals surface area contributed by atoms with Crippen LogP contribution < -0.4 is 21.7 Å². The molecule has 0 aromatic heterocycles. The number of amides is 2. The third-order valence-electron chi connectivity index (χ3n) is 4.14. The second-order valence-electron chi connectivity index (χ2n) is 7.73. The first-order valence-corrected chi connectivity index (χ1v) is 9.94. The Morgan fingerprint density at radius 3 is 2.23 bits per heavy atom. The molecular weight excluding hydrogens is 330 g/mol. The van der Waals surface area contributed by atoms with E-state index in [4.69, 9.17) is 5.73 Å². The minimum Gasteiger partial charge on any atom is -0.355 e. The Hall–Kier alpha value is -1.18. The van der Waals surface area contributed by atoms with Crippen molar-refractivity contribution in [2.45, 2.75) is 65.5 Å². The van der Waals surface area contributed by atoms with Crippen LogP contribution in [0.15, 0.2) is 0 Å². The fraction of sp³-hybridized carbons (Fsp3) is 0.895. The molecule has 0 radical (unpaired) electrons. The first-order valence-electron chi connectivity index (χ1n) is 9.94. The molecule has 0 rings (SSSR count). The average Bonchev–Trinajstić information content (AvgIpc) is 2.55. The van der Waals surface area contributed by atoms with E-state index in [1.807, 2.05) is 7.05 Å². The van der Waals surface area contributed by atoms with Gasteiger partial charge < -0.3 is 26.6 Å². The van der Waals surface area contributed by atoms with E-state index < -0.39 is 6.04 Å². The first-order chi connectivity index (χ1) is 12.2. The maximum absolute atomic E-state index is 11.9. The van der Waals surface area contributed by atoms with Crippen molar-refractivity contribution in [3.05, 3.63) is 0 Å². The molecule has 154 valence electrons. The molecule has 26 heavy (non-hydrogen) atoms. The van der Waals surface area contributed by atoms with Crippen LogP contribution in [0.4, 0.5) is 0 Å². The lowest BCUT2D eigenvalue weighted by atomic mass is 10.1. The fourth-order valence-electron chi connectivity index (χ4n) is 2.40. The Morgan fingerprint density at radius 2 is 1.62 bits per heavy atom. The molecule has 0 fully saturated rings. The van der Waals surface area contributed by atoms with Gasteiger partial charge in [-0.2, -0.15) is 0 Å². The Balaban J connectivity index is 3.72. The van der Waals surface area contributed by atoms with Crippen molar-refractivity contribution >= 4 is 11.8 Å². The van der Waals surface area contributed by atoms with Crippen LogP contribution in [0.5, 0.6) is 0 Å². The Bertz CT molecular complexity index is 388. The van der Waals surface area contributed by atoms with Gasteiger partial charge in [-0.05, 0) is 32.2 Å². The first kappa shape index (κ1) is 24.8. The topological polar surface area (TPSA) is 99.5 Å². The van der Waals surface area contributed by atoms with E-state index in [2.05, 4.69) is 48.5 Å². The summed E-state index contributed by atoms with van der Waals surface area (Å²) in [5, 5.41) is 9.08. The number of hydrogen-bond donors (Lipinski definition) is 4. The van der Waals surface area contributed by atoms with Crippen LogP contribution in [0.1, 0.15) is 53.4 Å². The molecule has 0 spiro atoms. The minimum atomic E-state index is -0.621. The minimum absolute atomic E-state index is 0.0539. The number of nitrogens with zero attached hydrogens (tertiary/aromatic N) is 1. The van der Waals surface area contributed by atoms with Crippen molar-refractivity contribution in [2.75, 3.05) is 39.8 Å². The van der Waals surface area contributed by atoms with E-state index >= 15 is 0 Å². The van der Waals surface area contributed by atoms with E-state index in [0.717, 1.165) is 32.5 Å². The molecule has 2 amide bonds. The lowest BCUT2D eigenvalue weighted by Gasteiger charge is -2.18. The highest BCUT2D eigenvalue weighted by Gasteiger charge is 2.14. The van der Waals surface area contributed by atoms with Crippen molar-refractivity contribution in [1.82, 2.24) is 20.9 Å². The summed E-state index contributed by atoms with van der Waals surface area (Å²) in [6.07, 6.45) is 2.69.